The van der Waals surface area contributed by atoms with Crippen molar-refractivity contribution in [2.24, 2.45) is 0 Å². The predicted octanol–water partition coefficient (Wildman–Crippen LogP) is 4.48. The Labute approximate surface area is 98.8 Å². The fraction of sp³-hybridized carbons (Fsp3) is 0.600. The van der Waals surface area contributed by atoms with Gasteiger partial charge in [-0.1, -0.05) is 32.9 Å². The Balaban J connectivity index is 2.21. The summed E-state index contributed by atoms with van der Waals surface area (Å²) < 4.78 is 5.80. The molecule has 0 unspecified atom stereocenters. The highest BCUT2D eigenvalue weighted by molar-refractivity contribution is 5.41. The van der Waals surface area contributed by atoms with Gasteiger partial charge < -0.3 is 4.74 Å². The first kappa shape index (κ1) is 11.5. The number of rotatable bonds is 5. The van der Waals surface area contributed by atoms with Crippen LogP contribution in [0.4, 0.5) is 0 Å². The first-order valence-electron chi connectivity index (χ1n) is 6.49. The van der Waals surface area contributed by atoms with Gasteiger partial charge in [-0.05, 0) is 48.3 Å². The van der Waals surface area contributed by atoms with Crippen LogP contribution < -0.4 is 4.74 Å². The van der Waals surface area contributed by atoms with Gasteiger partial charge in [-0.3, -0.25) is 0 Å². The second kappa shape index (κ2) is 4.90. The molecular weight excluding hydrogens is 196 g/mol. The summed E-state index contributed by atoms with van der Waals surface area (Å²) in [5.41, 5.74) is 2.88. The Bertz CT molecular complexity index is 350. The van der Waals surface area contributed by atoms with Crippen LogP contribution in [0.5, 0.6) is 5.75 Å². The Morgan fingerprint density at radius 3 is 2.62 bits per heavy atom. The van der Waals surface area contributed by atoms with Crippen molar-refractivity contribution in [2.45, 2.75) is 51.9 Å². The van der Waals surface area contributed by atoms with Crippen molar-refractivity contribution in [3.63, 3.8) is 0 Å². The molecule has 2 rings (SSSR count). The third kappa shape index (κ3) is 2.58. The summed E-state index contributed by atoms with van der Waals surface area (Å²) in [4.78, 5) is 0. The molecule has 1 aliphatic rings. The molecule has 0 aromatic heterocycles. The smallest absolute Gasteiger partial charge is 0.122 e. The number of hydrogen-bond donors (Lipinski definition) is 0. The van der Waals surface area contributed by atoms with E-state index in [0.29, 0.717) is 5.92 Å². The molecule has 0 radical (unpaired) electrons. The number of benzene rings is 1. The fourth-order valence-electron chi connectivity index (χ4n) is 2.03. The van der Waals surface area contributed by atoms with E-state index in [4.69, 9.17) is 4.74 Å². The zero-order chi connectivity index (χ0) is 11.5. The minimum Gasteiger partial charge on any atom is -0.493 e. The minimum atomic E-state index is 0.547. The molecule has 0 atom stereocenters. The lowest BCUT2D eigenvalue weighted by molar-refractivity contribution is 0.313. The molecule has 0 N–H and O–H groups in total. The van der Waals surface area contributed by atoms with Crippen molar-refractivity contribution < 1.29 is 4.74 Å². The average molecular weight is 218 g/mol. The summed E-state index contributed by atoms with van der Waals surface area (Å²) in [6.45, 7) is 7.45. The summed E-state index contributed by atoms with van der Waals surface area (Å²) in [6, 6.07) is 6.76. The van der Waals surface area contributed by atoms with Gasteiger partial charge in [0.2, 0.25) is 0 Å². The second-order valence-corrected chi connectivity index (χ2v) is 5.07. The Hall–Kier alpha value is -0.980. The maximum atomic E-state index is 5.80. The zero-order valence-electron chi connectivity index (χ0n) is 10.6. The van der Waals surface area contributed by atoms with Crippen LogP contribution in [-0.2, 0) is 0 Å². The van der Waals surface area contributed by atoms with E-state index in [1.165, 1.54) is 24.0 Å². The lowest BCUT2D eigenvalue weighted by Crippen LogP contribution is -2.01. The van der Waals surface area contributed by atoms with Gasteiger partial charge in [-0.15, -0.1) is 0 Å². The summed E-state index contributed by atoms with van der Waals surface area (Å²) in [5, 5.41) is 0. The predicted molar refractivity (Wildman–Crippen MR) is 68.3 cm³/mol. The molecule has 16 heavy (non-hydrogen) atoms. The van der Waals surface area contributed by atoms with Gasteiger partial charge in [-0.25, -0.2) is 0 Å². The van der Waals surface area contributed by atoms with E-state index >= 15 is 0 Å². The molecule has 0 heterocycles. The quantitative estimate of drug-likeness (QED) is 0.708. The van der Waals surface area contributed by atoms with E-state index in [1.807, 2.05) is 0 Å². The first-order chi connectivity index (χ1) is 7.72. The molecule has 1 fully saturated rings. The Morgan fingerprint density at radius 2 is 2.06 bits per heavy atom. The molecule has 1 aliphatic carbocycles. The number of ether oxygens (including phenoxy) is 1. The van der Waals surface area contributed by atoms with E-state index in [2.05, 4.69) is 39.0 Å². The van der Waals surface area contributed by atoms with Crippen LogP contribution in [0.1, 0.15) is 63.0 Å². The molecular formula is C15H22O. The lowest BCUT2D eigenvalue weighted by Gasteiger charge is -2.15. The lowest BCUT2D eigenvalue weighted by atomic mass is 9.98. The van der Waals surface area contributed by atoms with Crippen LogP contribution in [0.15, 0.2) is 18.2 Å². The van der Waals surface area contributed by atoms with E-state index in [-0.39, 0.29) is 0 Å². The van der Waals surface area contributed by atoms with Gasteiger partial charge in [0.05, 0.1) is 6.61 Å². The van der Waals surface area contributed by atoms with Crippen LogP contribution in [0.25, 0.3) is 0 Å². The van der Waals surface area contributed by atoms with Crippen molar-refractivity contribution in [1.29, 1.82) is 0 Å². The highest BCUT2D eigenvalue weighted by Crippen LogP contribution is 2.42. The van der Waals surface area contributed by atoms with Crippen LogP contribution in [0, 0.1) is 0 Å². The Morgan fingerprint density at radius 1 is 1.31 bits per heavy atom. The molecule has 0 amide bonds. The summed E-state index contributed by atoms with van der Waals surface area (Å²) >= 11 is 0. The summed E-state index contributed by atoms with van der Waals surface area (Å²) in [7, 11) is 0. The maximum absolute atomic E-state index is 5.80. The van der Waals surface area contributed by atoms with Crippen molar-refractivity contribution in [2.75, 3.05) is 6.61 Å². The molecule has 0 saturated heterocycles. The van der Waals surface area contributed by atoms with Crippen LogP contribution >= 0.6 is 0 Å². The van der Waals surface area contributed by atoms with E-state index in [1.54, 1.807) is 0 Å². The maximum Gasteiger partial charge on any atom is 0.122 e. The van der Waals surface area contributed by atoms with Crippen LogP contribution in [0.3, 0.4) is 0 Å². The standard InChI is InChI=1S/C15H22O/c1-4-9-16-15-8-7-13(12-5-6-12)10-14(15)11(2)3/h7-8,10-12H,4-6,9H2,1-3H3. The molecule has 0 aliphatic heterocycles. The summed E-state index contributed by atoms with van der Waals surface area (Å²) in [6.07, 6.45) is 3.81. The topological polar surface area (TPSA) is 9.23 Å². The molecule has 0 bridgehead atoms. The van der Waals surface area contributed by atoms with Crippen LogP contribution in [-0.4, -0.2) is 6.61 Å². The monoisotopic (exact) mass is 218 g/mol. The van der Waals surface area contributed by atoms with Crippen molar-refractivity contribution in [1.82, 2.24) is 0 Å². The SMILES string of the molecule is CCCOc1ccc(C2CC2)cc1C(C)C. The van der Waals surface area contributed by atoms with Crippen molar-refractivity contribution >= 4 is 0 Å². The molecule has 0 spiro atoms. The zero-order valence-corrected chi connectivity index (χ0v) is 10.6. The fourth-order valence-corrected chi connectivity index (χ4v) is 2.03. The van der Waals surface area contributed by atoms with Gasteiger partial charge in [0, 0.05) is 0 Å². The van der Waals surface area contributed by atoms with Gasteiger partial charge in [0.15, 0.2) is 0 Å². The molecule has 1 nitrogen and oxygen atoms in total. The van der Waals surface area contributed by atoms with Crippen LogP contribution in [0.2, 0.25) is 0 Å². The summed E-state index contributed by atoms with van der Waals surface area (Å²) in [5.74, 6) is 2.46. The molecule has 88 valence electrons. The first-order valence-corrected chi connectivity index (χ1v) is 6.49. The molecule has 1 saturated carbocycles. The third-order valence-electron chi connectivity index (χ3n) is 3.17. The van der Waals surface area contributed by atoms with Crippen molar-refractivity contribution in [3.05, 3.63) is 29.3 Å². The van der Waals surface area contributed by atoms with Gasteiger partial charge >= 0.3 is 0 Å². The minimum absolute atomic E-state index is 0.547. The van der Waals surface area contributed by atoms with Crippen molar-refractivity contribution in [3.8, 4) is 5.75 Å². The average Bonchev–Trinajstić information content (AvgIpc) is 3.09. The van der Waals surface area contributed by atoms with Gasteiger partial charge in [0.1, 0.15) is 5.75 Å². The van der Waals surface area contributed by atoms with E-state index in [0.717, 1.165) is 24.7 Å². The van der Waals surface area contributed by atoms with Gasteiger partial charge in [0.25, 0.3) is 0 Å². The third-order valence-corrected chi connectivity index (χ3v) is 3.17. The van der Waals surface area contributed by atoms with E-state index in [9.17, 15) is 0 Å². The van der Waals surface area contributed by atoms with E-state index < -0.39 is 0 Å². The largest absolute Gasteiger partial charge is 0.493 e. The highest BCUT2D eigenvalue weighted by Gasteiger charge is 2.24. The molecule has 1 aromatic rings. The normalized spacial score (nSPS) is 15.5. The molecule has 1 aromatic carbocycles. The van der Waals surface area contributed by atoms with Gasteiger partial charge in [-0.2, -0.15) is 0 Å². The highest BCUT2D eigenvalue weighted by atomic mass is 16.5. The second-order valence-electron chi connectivity index (χ2n) is 5.07. The Kier molecular flexibility index (Phi) is 3.52. The molecule has 1 heteroatoms. The number of hydrogen-bond acceptors (Lipinski definition) is 1.